The van der Waals surface area contributed by atoms with Gasteiger partial charge in [-0.15, -0.1) is 0 Å². The molecule has 0 aliphatic carbocycles. The average molecular weight is 291 g/mol. The van der Waals surface area contributed by atoms with Crippen LogP contribution in [0, 0.1) is 18.4 Å². The average Bonchev–Trinajstić information content (AvgIpc) is 2.50. The normalized spacial score (nSPS) is 11.8. The molecule has 0 unspecified atom stereocenters. The van der Waals surface area contributed by atoms with Crippen LogP contribution in [0.4, 0.5) is 0 Å². The molecule has 2 aromatic rings. The van der Waals surface area contributed by atoms with E-state index in [-0.39, 0.29) is 5.54 Å². The van der Waals surface area contributed by atoms with E-state index in [2.05, 4.69) is 55.3 Å². The lowest BCUT2D eigenvalue weighted by Crippen LogP contribution is -2.41. The van der Waals surface area contributed by atoms with Crippen molar-refractivity contribution in [1.29, 1.82) is 5.26 Å². The quantitative estimate of drug-likeness (QED) is 0.527. The maximum Gasteiger partial charge on any atom is 0.207 e. The molecule has 0 radical (unpaired) electrons. The predicted molar refractivity (Wildman–Crippen MR) is 90.5 cm³/mol. The topological polar surface area (TPSA) is 48.2 Å². The van der Waals surface area contributed by atoms with Crippen LogP contribution < -0.4 is 5.32 Å². The number of benzene rings is 2. The molecule has 0 aliphatic heterocycles. The van der Waals surface area contributed by atoms with Gasteiger partial charge in [0.05, 0.1) is 5.54 Å². The molecule has 0 heterocycles. The van der Waals surface area contributed by atoms with E-state index in [9.17, 15) is 0 Å². The van der Waals surface area contributed by atoms with Crippen molar-refractivity contribution in [2.75, 3.05) is 0 Å². The summed E-state index contributed by atoms with van der Waals surface area (Å²) < 4.78 is 0. The van der Waals surface area contributed by atoms with Gasteiger partial charge in [-0.1, -0.05) is 54.6 Å². The SMILES string of the molecule is Cc1ccccc1C/C(=N\C#N)NC(C)(C)c1ccccc1. The highest BCUT2D eigenvalue weighted by Crippen LogP contribution is 2.20. The van der Waals surface area contributed by atoms with Crippen molar-refractivity contribution in [2.45, 2.75) is 32.7 Å². The Balaban J connectivity index is 2.22. The molecule has 0 spiro atoms. The Labute approximate surface area is 132 Å². The van der Waals surface area contributed by atoms with Gasteiger partial charge in [0.25, 0.3) is 0 Å². The first kappa shape index (κ1) is 15.8. The molecule has 0 atom stereocenters. The fourth-order valence-electron chi connectivity index (χ4n) is 2.45. The zero-order valence-electron chi connectivity index (χ0n) is 13.3. The first-order chi connectivity index (χ1) is 10.5. The first-order valence-corrected chi connectivity index (χ1v) is 7.37. The molecular weight excluding hydrogens is 270 g/mol. The summed E-state index contributed by atoms with van der Waals surface area (Å²) in [6.45, 7) is 6.25. The molecule has 0 aliphatic rings. The molecule has 2 aromatic carbocycles. The minimum Gasteiger partial charge on any atom is -0.364 e. The van der Waals surface area contributed by atoms with Crippen molar-refractivity contribution in [3.05, 3.63) is 71.3 Å². The van der Waals surface area contributed by atoms with Crippen LogP contribution in [0.2, 0.25) is 0 Å². The summed E-state index contributed by atoms with van der Waals surface area (Å²) in [6, 6.07) is 18.3. The van der Waals surface area contributed by atoms with E-state index in [1.165, 1.54) is 11.1 Å². The Kier molecular flexibility index (Phi) is 4.95. The van der Waals surface area contributed by atoms with Gasteiger partial charge in [0.15, 0.2) is 0 Å². The van der Waals surface area contributed by atoms with Crippen molar-refractivity contribution in [2.24, 2.45) is 4.99 Å². The summed E-state index contributed by atoms with van der Waals surface area (Å²) in [5.41, 5.74) is 3.24. The molecule has 0 fully saturated rings. The molecule has 0 aromatic heterocycles. The Morgan fingerprint density at radius 1 is 1.09 bits per heavy atom. The van der Waals surface area contributed by atoms with Crippen molar-refractivity contribution in [1.82, 2.24) is 5.32 Å². The van der Waals surface area contributed by atoms with E-state index in [0.29, 0.717) is 12.3 Å². The van der Waals surface area contributed by atoms with E-state index in [4.69, 9.17) is 5.26 Å². The highest BCUT2D eigenvalue weighted by Gasteiger charge is 2.21. The molecular formula is C19H21N3. The van der Waals surface area contributed by atoms with Gasteiger partial charge in [-0.05, 0) is 37.5 Å². The largest absolute Gasteiger partial charge is 0.364 e. The van der Waals surface area contributed by atoms with Crippen LogP contribution in [0.15, 0.2) is 59.6 Å². The fraction of sp³-hybridized carbons (Fsp3) is 0.263. The Bertz CT molecular complexity index is 694. The molecule has 0 amide bonds. The molecule has 0 saturated carbocycles. The van der Waals surface area contributed by atoms with E-state index in [1.54, 1.807) is 0 Å². The number of aliphatic imine (C=N–C) groups is 1. The van der Waals surface area contributed by atoms with Crippen LogP contribution >= 0.6 is 0 Å². The van der Waals surface area contributed by atoms with E-state index in [0.717, 1.165) is 5.56 Å². The number of nitrogens with zero attached hydrogens (tertiary/aromatic N) is 2. The van der Waals surface area contributed by atoms with Crippen LogP contribution in [0.1, 0.15) is 30.5 Å². The number of hydrogen-bond donors (Lipinski definition) is 1. The zero-order valence-corrected chi connectivity index (χ0v) is 13.3. The summed E-state index contributed by atoms with van der Waals surface area (Å²) in [5.74, 6) is 0.686. The second-order valence-corrected chi connectivity index (χ2v) is 5.88. The summed E-state index contributed by atoms with van der Waals surface area (Å²) in [6.07, 6.45) is 2.53. The third kappa shape index (κ3) is 3.95. The lowest BCUT2D eigenvalue weighted by atomic mass is 9.93. The Hall–Kier alpha value is -2.60. The minimum absolute atomic E-state index is 0.292. The Morgan fingerprint density at radius 3 is 2.36 bits per heavy atom. The van der Waals surface area contributed by atoms with Crippen LogP contribution in [-0.2, 0) is 12.0 Å². The van der Waals surface area contributed by atoms with Crippen molar-refractivity contribution >= 4 is 5.84 Å². The number of amidine groups is 1. The van der Waals surface area contributed by atoms with Gasteiger partial charge in [-0.25, -0.2) is 0 Å². The molecule has 0 saturated heterocycles. The lowest BCUT2D eigenvalue weighted by molar-refractivity contribution is 0.483. The second-order valence-electron chi connectivity index (χ2n) is 5.88. The van der Waals surface area contributed by atoms with Gasteiger partial charge < -0.3 is 5.32 Å². The summed E-state index contributed by atoms with van der Waals surface area (Å²) in [5, 5.41) is 12.4. The number of nitrogens with one attached hydrogen (secondary N) is 1. The van der Waals surface area contributed by atoms with Crippen molar-refractivity contribution in [3.63, 3.8) is 0 Å². The van der Waals surface area contributed by atoms with Crippen LogP contribution in [-0.4, -0.2) is 5.84 Å². The molecule has 0 bridgehead atoms. The molecule has 1 N–H and O–H groups in total. The second kappa shape index (κ2) is 6.91. The zero-order chi connectivity index (χ0) is 16.0. The van der Waals surface area contributed by atoms with Gasteiger partial charge in [0.1, 0.15) is 5.84 Å². The van der Waals surface area contributed by atoms with Gasteiger partial charge >= 0.3 is 0 Å². The van der Waals surface area contributed by atoms with E-state index in [1.807, 2.05) is 36.5 Å². The van der Waals surface area contributed by atoms with Gasteiger partial charge in [0, 0.05) is 6.42 Å². The highest BCUT2D eigenvalue weighted by atomic mass is 15.0. The smallest absolute Gasteiger partial charge is 0.207 e. The molecule has 112 valence electrons. The molecule has 2 rings (SSSR count). The standard InChI is InChI=1S/C19H21N3/c1-15-9-7-8-10-16(15)13-18(21-14-20)22-19(2,3)17-11-5-4-6-12-17/h4-12H,13H2,1-3H3,(H,21,22). The molecule has 22 heavy (non-hydrogen) atoms. The molecule has 3 heteroatoms. The Morgan fingerprint density at radius 2 is 1.73 bits per heavy atom. The highest BCUT2D eigenvalue weighted by molar-refractivity contribution is 5.86. The van der Waals surface area contributed by atoms with Crippen molar-refractivity contribution < 1.29 is 0 Å². The number of hydrogen-bond acceptors (Lipinski definition) is 2. The van der Waals surface area contributed by atoms with Gasteiger partial charge in [-0.2, -0.15) is 10.3 Å². The number of rotatable bonds is 4. The third-order valence-electron chi connectivity index (χ3n) is 3.76. The van der Waals surface area contributed by atoms with Crippen LogP contribution in [0.5, 0.6) is 0 Å². The predicted octanol–water partition coefficient (Wildman–Crippen LogP) is 3.94. The monoisotopic (exact) mass is 291 g/mol. The number of nitriles is 1. The number of aryl methyl sites for hydroxylation is 1. The summed E-state index contributed by atoms with van der Waals surface area (Å²) in [7, 11) is 0. The third-order valence-corrected chi connectivity index (χ3v) is 3.76. The maximum atomic E-state index is 8.97. The van der Waals surface area contributed by atoms with E-state index < -0.39 is 0 Å². The van der Waals surface area contributed by atoms with Gasteiger partial charge in [0.2, 0.25) is 6.19 Å². The lowest BCUT2D eigenvalue weighted by Gasteiger charge is -2.28. The maximum absolute atomic E-state index is 8.97. The van der Waals surface area contributed by atoms with Crippen LogP contribution in [0.25, 0.3) is 0 Å². The van der Waals surface area contributed by atoms with E-state index >= 15 is 0 Å². The van der Waals surface area contributed by atoms with Crippen LogP contribution in [0.3, 0.4) is 0 Å². The minimum atomic E-state index is -0.292. The fourth-order valence-corrected chi connectivity index (χ4v) is 2.45. The van der Waals surface area contributed by atoms with Gasteiger partial charge in [-0.3, -0.25) is 0 Å². The summed E-state index contributed by atoms with van der Waals surface area (Å²) in [4.78, 5) is 3.98. The summed E-state index contributed by atoms with van der Waals surface area (Å²) >= 11 is 0. The first-order valence-electron chi connectivity index (χ1n) is 7.37. The molecule has 3 nitrogen and oxygen atoms in total. The van der Waals surface area contributed by atoms with Crippen molar-refractivity contribution in [3.8, 4) is 6.19 Å².